The highest BCUT2D eigenvalue weighted by molar-refractivity contribution is 9.10. The average molecular weight is 303 g/mol. The predicted octanol–water partition coefficient (Wildman–Crippen LogP) is 2.92. The van der Waals surface area contributed by atoms with Crippen molar-refractivity contribution in [3.63, 3.8) is 0 Å². The third-order valence-corrected chi connectivity index (χ3v) is 4.28. The number of ether oxygens (including phenoxy) is 1. The monoisotopic (exact) mass is 302 g/mol. The van der Waals surface area contributed by atoms with E-state index >= 15 is 0 Å². The Morgan fingerprint density at radius 1 is 1.59 bits per heavy atom. The Labute approximate surface area is 109 Å². The molecule has 2 unspecified atom stereocenters. The summed E-state index contributed by atoms with van der Waals surface area (Å²) < 4.78 is 19.1. The lowest BCUT2D eigenvalue weighted by molar-refractivity contribution is -0.00471. The van der Waals surface area contributed by atoms with Crippen LogP contribution in [0.25, 0.3) is 0 Å². The van der Waals surface area contributed by atoms with Crippen molar-refractivity contribution in [1.29, 1.82) is 0 Å². The van der Waals surface area contributed by atoms with Crippen molar-refractivity contribution in [3.05, 3.63) is 34.1 Å². The van der Waals surface area contributed by atoms with E-state index in [9.17, 15) is 9.50 Å². The largest absolute Gasteiger partial charge is 0.389 e. The number of rotatable bonds is 3. The highest BCUT2D eigenvalue weighted by atomic mass is 79.9. The van der Waals surface area contributed by atoms with E-state index in [2.05, 4.69) is 15.9 Å². The first-order valence-corrected chi connectivity index (χ1v) is 6.53. The van der Waals surface area contributed by atoms with Crippen LogP contribution in [0.5, 0.6) is 0 Å². The summed E-state index contributed by atoms with van der Waals surface area (Å²) in [4.78, 5) is 0. The van der Waals surface area contributed by atoms with Gasteiger partial charge in [0.1, 0.15) is 5.82 Å². The number of hydrogen-bond acceptors (Lipinski definition) is 2. The molecule has 0 spiro atoms. The second-order valence-corrected chi connectivity index (χ2v) is 5.60. The second-order valence-electron chi connectivity index (χ2n) is 4.81. The number of aliphatic hydroxyl groups is 1. The summed E-state index contributed by atoms with van der Waals surface area (Å²) >= 11 is 3.22. The first-order valence-electron chi connectivity index (χ1n) is 5.74. The van der Waals surface area contributed by atoms with Gasteiger partial charge in [-0.25, -0.2) is 4.39 Å². The van der Waals surface area contributed by atoms with Crippen molar-refractivity contribution in [3.8, 4) is 0 Å². The molecule has 1 saturated heterocycles. The lowest BCUT2D eigenvalue weighted by atomic mass is 9.83. The van der Waals surface area contributed by atoms with Crippen LogP contribution >= 0.6 is 15.9 Å². The van der Waals surface area contributed by atoms with E-state index < -0.39 is 5.60 Å². The molecule has 17 heavy (non-hydrogen) atoms. The summed E-state index contributed by atoms with van der Waals surface area (Å²) in [5.41, 5.74) is -0.0609. The molecule has 1 aliphatic rings. The molecule has 0 aliphatic carbocycles. The Morgan fingerprint density at radius 3 is 3.00 bits per heavy atom. The Balaban J connectivity index is 2.16. The molecule has 1 fully saturated rings. The summed E-state index contributed by atoms with van der Waals surface area (Å²) in [6.07, 6.45) is 1.29. The fraction of sp³-hybridized carbons (Fsp3) is 0.538. The molecule has 0 bridgehead atoms. The van der Waals surface area contributed by atoms with Gasteiger partial charge in [0.2, 0.25) is 0 Å². The molecular weight excluding hydrogens is 287 g/mol. The summed E-state index contributed by atoms with van der Waals surface area (Å²) in [6, 6.07) is 4.90. The van der Waals surface area contributed by atoms with E-state index in [1.807, 2.05) is 6.07 Å². The highest BCUT2D eigenvalue weighted by Gasteiger charge is 2.35. The third-order valence-electron chi connectivity index (χ3n) is 3.39. The number of benzene rings is 1. The fourth-order valence-corrected chi connectivity index (χ4v) is 2.64. The molecule has 1 N–H and O–H groups in total. The zero-order valence-corrected chi connectivity index (χ0v) is 11.3. The quantitative estimate of drug-likeness (QED) is 0.930. The molecule has 1 aromatic rings. The molecule has 0 radical (unpaired) electrons. The maximum Gasteiger partial charge on any atom is 0.137 e. The van der Waals surface area contributed by atoms with Crippen LogP contribution in [-0.4, -0.2) is 23.9 Å². The van der Waals surface area contributed by atoms with Crippen molar-refractivity contribution in [2.24, 2.45) is 5.92 Å². The minimum atomic E-state index is -0.854. The molecule has 2 rings (SSSR count). The maximum absolute atomic E-state index is 13.4. The lowest BCUT2D eigenvalue weighted by Gasteiger charge is -2.29. The van der Waals surface area contributed by atoms with Gasteiger partial charge in [-0.05, 0) is 40.9 Å². The lowest BCUT2D eigenvalue weighted by Crippen LogP contribution is -2.37. The van der Waals surface area contributed by atoms with Gasteiger partial charge in [0.15, 0.2) is 0 Å². The van der Waals surface area contributed by atoms with Gasteiger partial charge in [-0.1, -0.05) is 12.1 Å². The van der Waals surface area contributed by atoms with E-state index in [1.54, 1.807) is 13.0 Å². The van der Waals surface area contributed by atoms with E-state index in [4.69, 9.17) is 4.74 Å². The minimum absolute atomic E-state index is 0.123. The van der Waals surface area contributed by atoms with Gasteiger partial charge in [-0.15, -0.1) is 0 Å². The topological polar surface area (TPSA) is 29.5 Å². The molecule has 0 aromatic heterocycles. The van der Waals surface area contributed by atoms with Crippen LogP contribution in [0.2, 0.25) is 0 Å². The SMILES string of the molecule is CC(O)(Cc1cccc(F)c1Br)C1CCOC1. The zero-order valence-electron chi connectivity index (χ0n) is 9.75. The van der Waals surface area contributed by atoms with E-state index in [0.717, 1.165) is 12.0 Å². The van der Waals surface area contributed by atoms with Crippen LogP contribution in [0.4, 0.5) is 4.39 Å². The van der Waals surface area contributed by atoms with Gasteiger partial charge in [0, 0.05) is 18.9 Å². The van der Waals surface area contributed by atoms with Gasteiger partial charge < -0.3 is 9.84 Å². The molecular formula is C13H16BrFO2. The van der Waals surface area contributed by atoms with E-state index in [1.165, 1.54) is 6.07 Å². The van der Waals surface area contributed by atoms with Crippen molar-refractivity contribution < 1.29 is 14.2 Å². The van der Waals surface area contributed by atoms with Crippen LogP contribution in [0.15, 0.2) is 22.7 Å². The Bertz CT molecular complexity index is 400. The average Bonchev–Trinajstić information content (AvgIpc) is 2.78. The normalized spacial score (nSPS) is 23.6. The molecule has 94 valence electrons. The molecule has 4 heteroatoms. The third kappa shape index (κ3) is 2.87. The van der Waals surface area contributed by atoms with Crippen LogP contribution in [0, 0.1) is 11.7 Å². The molecule has 2 atom stereocenters. The smallest absolute Gasteiger partial charge is 0.137 e. The Hall–Kier alpha value is -0.450. The van der Waals surface area contributed by atoms with Gasteiger partial charge in [0.05, 0.1) is 16.7 Å². The number of hydrogen-bond donors (Lipinski definition) is 1. The van der Waals surface area contributed by atoms with E-state index in [0.29, 0.717) is 24.1 Å². The van der Waals surface area contributed by atoms with Crippen LogP contribution in [-0.2, 0) is 11.2 Å². The first kappa shape index (κ1) is 13.0. The summed E-state index contributed by atoms with van der Waals surface area (Å²) in [5, 5.41) is 10.5. The molecule has 0 amide bonds. The summed E-state index contributed by atoms with van der Waals surface area (Å²) in [6.45, 7) is 3.08. The highest BCUT2D eigenvalue weighted by Crippen LogP contribution is 2.31. The van der Waals surface area contributed by atoms with Crippen LogP contribution < -0.4 is 0 Å². The molecule has 1 heterocycles. The molecule has 1 aromatic carbocycles. The van der Waals surface area contributed by atoms with E-state index in [-0.39, 0.29) is 11.7 Å². The van der Waals surface area contributed by atoms with Gasteiger partial charge >= 0.3 is 0 Å². The Kier molecular flexibility index (Phi) is 3.85. The van der Waals surface area contributed by atoms with Crippen molar-refractivity contribution >= 4 is 15.9 Å². The molecule has 1 aliphatic heterocycles. The predicted molar refractivity (Wildman–Crippen MR) is 67.4 cm³/mol. The maximum atomic E-state index is 13.4. The molecule has 2 nitrogen and oxygen atoms in total. The van der Waals surface area contributed by atoms with Crippen molar-refractivity contribution in [1.82, 2.24) is 0 Å². The van der Waals surface area contributed by atoms with Crippen LogP contribution in [0.1, 0.15) is 18.9 Å². The zero-order chi connectivity index (χ0) is 12.5. The van der Waals surface area contributed by atoms with Gasteiger partial charge in [-0.3, -0.25) is 0 Å². The fourth-order valence-electron chi connectivity index (χ4n) is 2.24. The van der Waals surface area contributed by atoms with Crippen molar-refractivity contribution in [2.75, 3.05) is 13.2 Å². The minimum Gasteiger partial charge on any atom is -0.389 e. The standard InChI is InChI=1S/C13H16BrFO2/c1-13(16,10-5-6-17-8-10)7-9-3-2-4-11(15)12(9)14/h2-4,10,16H,5-8H2,1H3. The Morgan fingerprint density at radius 2 is 2.35 bits per heavy atom. The van der Waals surface area contributed by atoms with Gasteiger partial charge in [0.25, 0.3) is 0 Å². The van der Waals surface area contributed by atoms with Crippen molar-refractivity contribution in [2.45, 2.75) is 25.4 Å². The molecule has 0 saturated carbocycles. The summed E-state index contributed by atoms with van der Waals surface area (Å²) in [5.74, 6) is -0.168. The number of halogens is 2. The van der Waals surface area contributed by atoms with Gasteiger partial charge in [-0.2, -0.15) is 0 Å². The second kappa shape index (κ2) is 5.04. The first-order chi connectivity index (χ1) is 8.00. The van der Waals surface area contributed by atoms with Crippen LogP contribution in [0.3, 0.4) is 0 Å². The summed E-state index contributed by atoms with van der Waals surface area (Å²) in [7, 11) is 0.